The van der Waals surface area contributed by atoms with Crippen molar-refractivity contribution in [3.05, 3.63) is 35.9 Å². The molecule has 4 nitrogen and oxygen atoms in total. The molecule has 0 bridgehead atoms. The van der Waals surface area contributed by atoms with Gasteiger partial charge in [-0.2, -0.15) is 5.26 Å². The molecule has 21 heavy (non-hydrogen) atoms. The number of anilines is 1. The largest absolute Gasteiger partial charge is 0.497 e. The molecule has 0 atom stereocenters. The monoisotopic (exact) mass is 281 g/mol. The van der Waals surface area contributed by atoms with Gasteiger partial charge in [-0.15, -0.1) is 0 Å². The van der Waals surface area contributed by atoms with Crippen molar-refractivity contribution in [2.75, 3.05) is 25.1 Å². The smallest absolute Gasteiger partial charge is 0.124 e. The first-order valence-electron chi connectivity index (χ1n) is 7.34. The molecule has 0 saturated carbocycles. The van der Waals surface area contributed by atoms with Gasteiger partial charge in [-0.1, -0.05) is 0 Å². The van der Waals surface area contributed by atoms with Crippen molar-refractivity contribution in [1.82, 2.24) is 4.98 Å². The number of rotatable bonds is 3. The van der Waals surface area contributed by atoms with Crippen LogP contribution in [0.25, 0.3) is 11.3 Å². The molecule has 0 spiro atoms. The summed E-state index contributed by atoms with van der Waals surface area (Å²) in [6, 6.07) is 12.1. The molecular formula is C17H19N3O. The molecule has 1 aliphatic heterocycles. The second-order valence-corrected chi connectivity index (χ2v) is 5.33. The van der Waals surface area contributed by atoms with E-state index in [0.717, 1.165) is 41.5 Å². The molecule has 2 heterocycles. The van der Waals surface area contributed by atoms with Gasteiger partial charge in [0.25, 0.3) is 0 Å². The molecule has 0 aliphatic carbocycles. The van der Waals surface area contributed by atoms with Crippen molar-refractivity contribution in [1.29, 1.82) is 5.26 Å². The van der Waals surface area contributed by atoms with Crippen LogP contribution >= 0.6 is 0 Å². The Kier molecular flexibility index (Phi) is 3.83. The first-order chi connectivity index (χ1) is 10.3. The van der Waals surface area contributed by atoms with Gasteiger partial charge in [0, 0.05) is 18.8 Å². The van der Waals surface area contributed by atoms with E-state index in [1.807, 2.05) is 30.3 Å². The Hall–Kier alpha value is -2.41. The van der Waals surface area contributed by atoms with Gasteiger partial charge in [0.05, 0.1) is 12.7 Å². The van der Waals surface area contributed by atoms with Crippen LogP contribution < -0.4 is 9.64 Å². The lowest BCUT2D eigenvalue weighted by molar-refractivity contribution is 0.415. The SMILES string of the molecule is COc1ccc(-c2cc(C#N)c(N3CCCCC3)[nH]2)cc1. The van der Waals surface area contributed by atoms with Crippen LogP contribution in [0.2, 0.25) is 0 Å². The summed E-state index contributed by atoms with van der Waals surface area (Å²) in [4.78, 5) is 5.71. The van der Waals surface area contributed by atoms with Crippen LogP contribution in [-0.4, -0.2) is 25.2 Å². The number of aromatic amines is 1. The average molecular weight is 281 g/mol. The van der Waals surface area contributed by atoms with Gasteiger partial charge < -0.3 is 14.6 Å². The van der Waals surface area contributed by atoms with Crippen molar-refractivity contribution in [3.8, 4) is 23.1 Å². The minimum atomic E-state index is 0.725. The number of piperidine rings is 1. The Morgan fingerprint density at radius 1 is 1.14 bits per heavy atom. The first-order valence-corrected chi connectivity index (χ1v) is 7.34. The number of H-pyrrole nitrogens is 1. The Bertz CT molecular complexity index is 646. The first kappa shape index (κ1) is 13.6. The molecule has 1 saturated heterocycles. The van der Waals surface area contributed by atoms with Gasteiger partial charge >= 0.3 is 0 Å². The molecule has 1 aromatic heterocycles. The van der Waals surface area contributed by atoms with Gasteiger partial charge in [0.15, 0.2) is 0 Å². The van der Waals surface area contributed by atoms with E-state index in [0.29, 0.717) is 0 Å². The van der Waals surface area contributed by atoms with E-state index in [-0.39, 0.29) is 0 Å². The number of hydrogen-bond donors (Lipinski definition) is 1. The van der Waals surface area contributed by atoms with Crippen LogP contribution in [0.5, 0.6) is 5.75 Å². The van der Waals surface area contributed by atoms with Crippen LogP contribution in [0.3, 0.4) is 0 Å². The second-order valence-electron chi connectivity index (χ2n) is 5.33. The zero-order valence-electron chi connectivity index (χ0n) is 12.2. The summed E-state index contributed by atoms with van der Waals surface area (Å²) in [7, 11) is 1.66. The number of aromatic nitrogens is 1. The highest BCUT2D eigenvalue weighted by Crippen LogP contribution is 2.29. The number of methoxy groups -OCH3 is 1. The molecule has 3 rings (SSSR count). The number of hydrogen-bond acceptors (Lipinski definition) is 3. The Morgan fingerprint density at radius 2 is 1.86 bits per heavy atom. The number of benzene rings is 1. The highest BCUT2D eigenvalue weighted by Gasteiger charge is 2.17. The van der Waals surface area contributed by atoms with E-state index in [9.17, 15) is 5.26 Å². The van der Waals surface area contributed by atoms with Crippen LogP contribution in [0.4, 0.5) is 5.82 Å². The number of ether oxygens (including phenoxy) is 1. The van der Waals surface area contributed by atoms with Gasteiger partial charge in [-0.25, -0.2) is 0 Å². The topological polar surface area (TPSA) is 52.0 Å². The van der Waals surface area contributed by atoms with Gasteiger partial charge in [-0.05, 0) is 55.2 Å². The summed E-state index contributed by atoms with van der Waals surface area (Å²) in [5.74, 6) is 1.80. The van der Waals surface area contributed by atoms with E-state index in [1.165, 1.54) is 19.3 Å². The molecule has 2 aromatic rings. The summed E-state index contributed by atoms with van der Waals surface area (Å²) in [6.45, 7) is 2.05. The molecule has 0 radical (unpaired) electrons. The summed E-state index contributed by atoms with van der Waals surface area (Å²) in [5.41, 5.74) is 2.77. The van der Waals surface area contributed by atoms with Gasteiger partial charge in [0.2, 0.25) is 0 Å². The summed E-state index contributed by atoms with van der Waals surface area (Å²) in [6.07, 6.45) is 3.67. The highest BCUT2D eigenvalue weighted by molar-refractivity contribution is 5.69. The summed E-state index contributed by atoms with van der Waals surface area (Å²) in [5, 5.41) is 9.37. The predicted molar refractivity (Wildman–Crippen MR) is 83.6 cm³/mol. The van der Waals surface area contributed by atoms with Crippen LogP contribution in [0.15, 0.2) is 30.3 Å². The number of nitrogens with one attached hydrogen (secondary N) is 1. The Morgan fingerprint density at radius 3 is 2.48 bits per heavy atom. The second kappa shape index (κ2) is 5.92. The Balaban J connectivity index is 1.92. The predicted octanol–water partition coefficient (Wildman–Crippen LogP) is 3.55. The normalized spacial score (nSPS) is 14.8. The molecule has 108 valence electrons. The van der Waals surface area contributed by atoms with Crippen molar-refractivity contribution in [2.24, 2.45) is 0 Å². The minimum Gasteiger partial charge on any atom is -0.497 e. The zero-order chi connectivity index (χ0) is 14.7. The van der Waals surface area contributed by atoms with Crippen molar-refractivity contribution >= 4 is 5.82 Å². The zero-order valence-corrected chi connectivity index (χ0v) is 12.2. The van der Waals surface area contributed by atoms with E-state index >= 15 is 0 Å². The maximum Gasteiger partial charge on any atom is 0.124 e. The maximum absolute atomic E-state index is 9.37. The van der Waals surface area contributed by atoms with E-state index in [1.54, 1.807) is 7.11 Å². The third-order valence-corrected chi connectivity index (χ3v) is 3.99. The van der Waals surface area contributed by atoms with Crippen LogP contribution in [-0.2, 0) is 0 Å². The molecule has 1 fully saturated rings. The van der Waals surface area contributed by atoms with Crippen LogP contribution in [0.1, 0.15) is 24.8 Å². The molecule has 1 N–H and O–H groups in total. The molecular weight excluding hydrogens is 262 g/mol. The van der Waals surface area contributed by atoms with E-state index in [4.69, 9.17) is 4.74 Å². The lowest BCUT2D eigenvalue weighted by Crippen LogP contribution is -2.30. The van der Waals surface area contributed by atoms with Crippen molar-refractivity contribution in [3.63, 3.8) is 0 Å². The lowest BCUT2D eigenvalue weighted by atomic mass is 10.1. The number of nitriles is 1. The molecule has 1 aromatic carbocycles. The fourth-order valence-corrected chi connectivity index (χ4v) is 2.82. The van der Waals surface area contributed by atoms with Crippen LogP contribution in [0, 0.1) is 11.3 Å². The summed E-state index contributed by atoms with van der Waals surface area (Å²) < 4.78 is 5.18. The quantitative estimate of drug-likeness (QED) is 0.936. The minimum absolute atomic E-state index is 0.725. The third kappa shape index (κ3) is 2.73. The lowest BCUT2D eigenvalue weighted by Gasteiger charge is -2.27. The van der Waals surface area contributed by atoms with Gasteiger partial charge in [0.1, 0.15) is 17.6 Å². The fraction of sp³-hybridized carbons (Fsp3) is 0.353. The van der Waals surface area contributed by atoms with E-state index in [2.05, 4.69) is 16.0 Å². The Labute approximate surface area is 125 Å². The maximum atomic E-state index is 9.37. The third-order valence-electron chi connectivity index (χ3n) is 3.99. The average Bonchev–Trinajstić information content (AvgIpc) is 3.00. The fourth-order valence-electron chi connectivity index (χ4n) is 2.82. The molecule has 4 heteroatoms. The molecule has 0 unspecified atom stereocenters. The standard InChI is InChI=1S/C17H19N3O/c1-21-15-7-5-13(6-8-15)16-11-14(12-18)17(19-16)20-9-3-2-4-10-20/h5-8,11,19H,2-4,9-10H2,1H3. The van der Waals surface area contributed by atoms with Crippen molar-refractivity contribution in [2.45, 2.75) is 19.3 Å². The molecule has 1 aliphatic rings. The summed E-state index contributed by atoms with van der Waals surface area (Å²) >= 11 is 0. The molecule has 0 amide bonds. The van der Waals surface area contributed by atoms with Gasteiger partial charge in [-0.3, -0.25) is 0 Å². The van der Waals surface area contributed by atoms with E-state index < -0.39 is 0 Å². The number of nitrogens with zero attached hydrogens (tertiary/aromatic N) is 2. The highest BCUT2D eigenvalue weighted by atomic mass is 16.5. The van der Waals surface area contributed by atoms with Crippen molar-refractivity contribution < 1.29 is 4.74 Å².